The van der Waals surface area contributed by atoms with Crippen LogP contribution in [0.5, 0.6) is 5.75 Å². The number of imidazole rings is 1. The van der Waals surface area contributed by atoms with Crippen LogP contribution >= 0.6 is 0 Å². The maximum Gasteiger partial charge on any atom is 0.149 e. The Bertz CT molecular complexity index is 3250. The molecule has 0 aliphatic carbocycles. The summed E-state index contributed by atoms with van der Waals surface area (Å²) in [6.45, 7) is 29.1. The van der Waals surface area contributed by atoms with Crippen LogP contribution in [0.4, 0.5) is 0 Å². The summed E-state index contributed by atoms with van der Waals surface area (Å²) in [5, 5.41) is 14.9. The van der Waals surface area contributed by atoms with Crippen molar-refractivity contribution in [3.63, 3.8) is 0 Å². The zero-order chi connectivity index (χ0) is 46.3. The Labute approximate surface area is 385 Å². The predicted molar refractivity (Wildman–Crippen MR) is 274 cm³/mol. The van der Waals surface area contributed by atoms with Crippen molar-refractivity contribution in [3.05, 3.63) is 155 Å². The van der Waals surface area contributed by atoms with Gasteiger partial charge < -0.3 is 9.52 Å². The highest BCUT2D eigenvalue weighted by Crippen LogP contribution is 2.49. The van der Waals surface area contributed by atoms with Crippen molar-refractivity contribution < 1.29 is 9.52 Å². The maximum absolute atomic E-state index is 12.7. The summed E-state index contributed by atoms with van der Waals surface area (Å²) in [7, 11) is 0. The fourth-order valence-electron chi connectivity index (χ4n) is 9.43. The van der Waals surface area contributed by atoms with Gasteiger partial charge in [-0.15, -0.1) is 0 Å². The molecular weight excluding hydrogens is 795 g/mol. The van der Waals surface area contributed by atoms with Gasteiger partial charge in [0, 0.05) is 39.2 Å². The molecule has 6 aromatic carbocycles. The van der Waals surface area contributed by atoms with Gasteiger partial charge in [0.15, 0.2) is 0 Å². The SMILES string of the molecule is CC(C)c1cc2c(oc3cc(-c4ccccc4)ccc32)c(C(C)C)c1-n1c(-c2cc(C(C)(C)C)cc(C(C)(C)C)c2O)nc2c(-c3cc(-c4ccccn4)cc(C(C)(C)C)c3)cccc21. The van der Waals surface area contributed by atoms with E-state index in [1.807, 2.05) is 18.3 Å². The van der Waals surface area contributed by atoms with Gasteiger partial charge in [0.2, 0.25) is 0 Å². The molecule has 0 spiro atoms. The molecule has 0 atom stereocenters. The van der Waals surface area contributed by atoms with Crippen LogP contribution in [0.3, 0.4) is 0 Å². The summed E-state index contributed by atoms with van der Waals surface area (Å²) >= 11 is 0. The van der Waals surface area contributed by atoms with Crippen LogP contribution in [-0.4, -0.2) is 19.6 Å². The molecule has 5 heteroatoms. The molecule has 0 saturated heterocycles. The minimum Gasteiger partial charge on any atom is -0.507 e. The predicted octanol–water partition coefficient (Wildman–Crippen LogP) is 16.8. The standard InChI is InChI=1S/C60H63N3O2/c1-35(2)45-34-46-44-26-25-38(37-20-15-14-16-21-37)31-51(44)65-56(46)52(36(3)4)54(45)63-50-24-19-22-43(39-28-40(49-23-17-18-27-61-49)30-41(29-39)58(5,6)7)53(50)62-57(63)47-32-42(59(8,9)10)33-48(55(47)64)60(11,12)13/h14-36,64H,1-13H3. The Morgan fingerprint density at radius 3 is 1.91 bits per heavy atom. The first-order valence-electron chi connectivity index (χ1n) is 23.3. The number of aromatic hydroxyl groups is 1. The zero-order valence-electron chi connectivity index (χ0n) is 40.5. The van der Waals surface area contributed by atoms with Crippen LogP contribution in [0.15, 0.2) is 132 Å². The molecule has 9 aromatic rings. The van der Waals surface area contributed by atoms with Gasteiger partial charge in [0.05, 0.1) is 28.0 Å². The zero-order valence-corrected chi connectivity index (χ0v) is 40.5. The fraction of sp³-hybridized carbons (Fsp3) is 0.300. The van der Waals surface area contributed by atoms with Crippen LogP contribution in [0.2, 0.25) is 0 Å². The Hall–Kier alpha value is -6.46. The van der Waals surface area contributed by atoms with E-state index in [1.54, 1.807) is 0 Å². The number of hydrogen-bond donors (Lipinski definition) is 1. The maximum atomic E-state index is 12.7. The van der Waals surface area contributed by atoms with Crippen molar-refractivity contribution in [2.45, 2.75) is 118 Å². The highest BCUT2D eigenvalue weighted by molar-refractivity contribution is 6.09. The van der Waals surface area contributed by atoms with Gasteiger partial charge in [-0.3, -0.25) is 9.55 Å². The summed E-state index contributed by atoms with van der Waals surface area (Å²) < 4.78 is 9.45. The molecule has 5 nitrogen and oxygen atoms in total. The number of pyridine rings is 1. The number of phenols is 1. The molecule has 330 valence electrons. The van der Waals surface area contributed by atoms with Crippen molar-refractivity contribution in [1.82, 2.24) is 14.5 Å². The summed E-state index contributed by atoms with van der Waals surface area (Å²) in [6, 6.07) is 43.3. The van der Waals surface area contributed by atoms with Crippen molar-refractivity contribution in [1.29, 1.82) is 0 Å². The third-order valence-corrected chi connectivity index (χ3v) is 13.1. The first-order chi connectivity index (χ1) is 30.7. The van der Waals surface area contributed by atoms with Crippen molar-refractivity contribution in [3.8, 4) is 56.3 Å². The highest BCUT2D eigenvalue weighted by atomic mass is 16.3. The largest absolute Gasteiger partial charge is 0.507 e. The second-order valence-electron chi connectivity index (χ2n) is 21.7. The minimum atomic E-state index is -0.338. The van der Waals surface area contributed by atoms with E-state index in [4.69, 9.17) is 14.4 Å². The molecule has 9 rings (SSSR count). The number of para-hydroxylation sites is 1. The van der Waals surface area contributed by atoms with E-state index in [2.05, 4.69) is 204 Å². The topological polar surface area (TPSA) is 64.1 Å². The molecule has 3 heterocycles. The van der Waals surface area contributed by atoms with Gasteiger partial charge in [0.25, 0.3) is 0 Å². The Morgan fingerprint density at radius 2 is 1.26 bits per heavy atom. The van der Waals surface area contributed by atoms with E-state index in [9.17, 15) is 5.11 Å². The molecule has 1 N–H and O–H groups in total. The monoisotopic (exact) mass is 857 g/mol. The lowest BCUT2D eigenvalue weighted by Crippen LogP contribution is -2.17. The van der Waals surface area contributed by atoms with Crippen LogP contribution < -0.4 is 0 Å². The Morgan fingerprint density at radius 1 is 0.569 bits per heavy atom. The number of benzene rings is 6. The number of rotatable bonds is 7. The van der Waals surface area contributed by atoms with E-state index in [-0.39, 0.29) is 33.8 Å². The number of phenolic OH excluding ortho intramolecular Hbond substituents is 1. The van der Waals surface area contributed by atoms with Gasteiger partial charge in [0.1, 0.15) is 22.7 Å². The average Bonchev–Trinajstić information content (AvgIpc) is 3.83. The Balaban J connectivity index is 1.43. The number of hydrogen-bond acceptors (Lipinski definition) is 4. The van der Waals surface area contributed by atoms with Gasteiger partial charge in [-0.05, 0) is 116 Å². The molecule has 3 aromatic heterocycles. The van der Waals surface area contributed by atoms with Crippen molar-refractivity contribution >= 4 is 33.0 Å². The lowest BCUT2D eigenvalue weighted by Gasteiger charge is -2.28. The van der Waals surface area contributed by atoms with Gasteiger partial charge in [-0.1, -0.05) is 157 Å². The average molecular weight is 858 g/mol. The second-order valence-corrected chi connectivity index (χ2v) is 21.7. The third-order valence-electron chi connectivity index (χ3n) is 13.1. The van der Waals surface area contributed by atoms with E-state index in [0.29, 0.717) is 11.4 Å². The number of nitrogens with zero attached hydrogens (tertiary/aromatic N) is 3. The molecule has 0 aliphatic rings. The lowest BCUT2D eigenvalue weighted by molar-refractivity contribution is 0.446. The fourth-order valence-corrected chi connectivity index (χ4v) is 9.43. The van der Waals surface area contributed by atoms with Crippen LogP contribution in [0, 0.1) is 0 Å². The molecule has 0 unspecified atom stereocenters. The van der Waals surface area contributed by atoms with Crippen molar-refractivity contribution in [2.75, 3.05) is 0 Å². The highest BCUT2D eigenvalue weighted by Gasteiger charge is 2.32. The first-order valence-corrected chi connectivity index (χ1v) is 23.3. The summed E-state index contributed by atoms with van der Waals surface area (Å²) in [5.74, 6) is 1.16. The van der Waals surface area contributed by atoms with E-state index >= 15 is 0 Å². The smallest absolute Gasteiger partial charge is 0.149 e. The third kappa shape index (κ3) is 7.83. The molecule has 0 bridgehead atoms. The quantitative estimate of drug-likeness (QED) is 0.173. The number of fused-ring (bicyclic) bond motifs is 4. The lowest BCUT2D eigenvalue weighted by atomic mass is 9.78. The first kappa shape index (κ1) is 43.8. The molecular formula is C60H63N3O2. The normalized spacial score (nSPS) is 12.7. The summed E-state index contributed by atoms with van der Waals surface area (Å²) in [4.78, 5) is 10.6. The summed E-state index contributed by atoms with van der Waals surface area (Å²) in [6.07, 6.45) is 1.86. The second kappa shape index (κ2) is 15.9. The van der Waals surface area contributed by atoms with E-state index in [1.165, 1.54) is 11.1 Å². The Kier molecular flexibility index (Phi) is 10.7. The molecule has 0 aliphatic heterocycles. The van der Waals surface area contributed by atoms with Gasteiger partial charge in [-0.25, -0.2) is 4.98 Å². The summed E-state index contributed by atoms with van der Waals surface area (Å²) in [5.41, 5.74) is 16.6. The van der Waals surface area contributed by atoms with Crippen LogP contribution in [0.1, 0.15) is 130 Å². The van der Waals surface area contributed by atoms with Crippen molar-refractivity contribution in [2.24, 2.45) is 0 Å². The van der Waals surface area contributed by atoms with E-state index in [0.717, 1.165) is 88.9 Å². The van der Waals surface area contributed by atoms with Crippen LogP contribution in [0.25, 0.3) is 83.6 Å². The van der Waals surface area contributed by atoms with Crippen LogP contribution in [-0.2, 0) is 16.2 Å². The van der Waals surface area contributed by atoms with Gasteiger partial charge >= 0.3 is 0 Å². The molecule has 0 amide bonds. The van der Waals surface area contributed by atoms with Gasteiger partial charge in [-0.2, -0.15) is 0 Å². The minimum absolute atomic E-state index is 0.0675. The molecule has 0 fully saturated rings. The molecule has 0 radical (unpaired) electrons. The van der Waals surface area contributed by atoms with E-state index < -0.39 is 0 Å². The number of furan rings is 1. The molecule has 65 heavy (non-hydrogen) atoms. The molecule has 0 saturated carbocycles. The number of aromatic nitrogens is 3.